The molecular formula is C14H21NO6S2. The molecule has 0 aliphatic carbocycles. The van der Waals surface area contributed by atoms with Gasteiger partial charge in [0, 0.05) is 5.54 Å². The molecular weight excluding hydrogens is 342 g/mol. The van der Waals surface area contributed by atoms with E-state index in [0.29, 0.717) is 17.8 Å². The summed E-state index contributed by atoms with van der Waals surface area (Å²) in [5, 5.41) is 0. The van der Waals surface area contributed by atoms with E-state index in [1.54, 1.807) is 13.8 Å². The van der Waals surface area contributed by atoms with Crippen LogP contribution in [0.25, 0.3) is 0 Å². The van der Waals surface area contributed by atoms with Gasteiger partial charge in [-0.25, -0.2) is 22.7 Å². The summed E-state index contributed by atoms with van der Waals surface area (Å²) >= 11 is 0.695. The first kappa shape index (κ1) is 19.6. The normalized spacial score (nSPS) is 12.1. The van der Waals surface area contributed by atoms with Crippen molar-refractivity contribution in [2.24, 2.45) is 0 Å². The lowest BCUT2D eigenvalue weighted by Crippen LogP contribution is -2.42. The number of rotatable bonds is 6. The summed E-state index contributed by atoms with van der Waals surface area (Å²) in [5.41, 5.74) is -0.615. The fraction of sp³-hybridized carbons (Fsp3) is 0.571. The van der Waals surface area contributed by atoms with Crippen LogP contribution in [0.1, 0.15) is 52.8 Å². The highest BCUT2D eigenvalue weighted by Crippen LogP contribution is 2.33. The molecule has 0 spiro atoms. The second-order valence-corrected chi connectivity index (χ2v) is 8.44. The number of hydrogen-bond donors (Lipinski definition) is 1. The Morgan fingerprint density at radius 3 is 2.13 bits per heavy atom. The number of nitrogens with one attached hydrogen (secondary N) is 1. The highest BCUT2D eigenvalue weighted by atomic mass is 32.2. The number of ether oxygens (including phenoxy) is 2. The minimum absolute atomic E-state index is 0.0579. The largest absolute Gasteiger partial charge is 0.465 e. The van der Waals surface area contributed by atoms with Gasteiger partial charge in [-0.1, -0.05) is 6.92 Å². The van der Waals surface area contributed by atoms with Gasteiger partial charge in [0.2, 0.25) is 0 Å². The lowest BCUT2D eigenvalue weighted by Gasteiger charge is -2.23. The van der Waals surface area contributed by atoms with Crippen molar-refractivity contribution >= 4 is 33.3 Å². The van der Waals surface area contributed by atoms with Gasteiger partial charge < -0.3 is 9.47 Å². The summed E-state index contributed by atoms with van der Waals surface area (Å²) in [6.45, 7) is 6.77. The smallest absolute Gasteiger partial charge is 0.348 e. The number of carbonyl (C=O) groups is 2. The van der Waals surface area contributed by atoms with E-state index in [1.165, 1.54) is 14.0 Å². The Kier molecular flexibility index (Phi) is 5.95. The average molecular weight is 363 g/mol. The maximum Gasteiger partial charge on any atom is 0.348 e. The maximum absolute atomic E-state index is 12.7. The number of methoxy groups -OCH3 is 2. The Balaban J connectivity index is 3.57. The minimum Gasteiger partial charge on any atom is -0.465 e. The van der Waals surface area contributed by atoms with E-state index in [9.17, 15) is 18.0 Å². The zero-order valence-corrected chi connectivity index (χ0v) is 15.6. The molecule has 0 aliphatic heterocycles. The number of sulfonamides is 1. The van der Waals surface area contributed by atoms with Crippen molar-refractivity contribution < 1.29 is 27.5 Å². The van der Waals surface area contributed by atoms with E-state index < -0.39 is 27.5 Å². The molecule has 1 heterocycles. The monoisotopic (exact) mass is 363 g/mol. The van der Waals surface area contributed by atoms with E-state index in [-0.39, 0.29) is 20.2 Å². The Labute approximate surface area is 140 Å². The molecule has 0 amide bonds. The summed E-state index contributed by atoms with van der Waals surface area (Å²) in [7, 11) is -1.66. The first-order valence-corrected chi connectivity index (χ1v) is 9.14. The molecule has 1 aromatic rings. The summed E-state index contributed by atoms with van der Waals surface area (Å²) in [6, 6.07) is 0. The molecule has 7 nitrogen and oxygen atoms in total. The second kappa shape index (κ2) is 6.98. The highest BCUT2D eigenvalue weighted by molar-refractivity contribution is 7.91. The molecule has 0 radical (unpaired) electrons. The molecule has 23 heavy (non-hydrogen) atoms. The number of esters is 2. The van der Waals surface area contributed by atoms with Gasteiger partial charge in [0.15, 0.2) is 4.21 Å². The van der Waals surface area contributed by atoms with Crippen LogP contribution in [0.2, 0.25) is 0 Å². The highest BCUT2D eigenvalue weighted by Gasteiger charge is 2.35. The molecule has 0 fully saturated rings. The van der Waals surface area contributed by atoms with Crippen LogP contribution in [-0.2, 0) is 19.5 Å². The summed E-state index contributed by atoms with van der Waals surface area (Å²) in [4.78, 5) is 23.9. The predicted molar refractivity (Wildman–Crippen MR) is 86.4 cm³/mol. The summed E-state index contributed by atoms with van der Waals surface area (Å²) < 4.78 is 36.9. The topological polar surface area (TPSA) is 98.8 Å². The van der Waals surface area contributed by atoms with Gasteiger partial charge in [-0.05, 0) is 32.8 Å². The number of thiophene rings is 1. The quantitative estimate of drug-likeness (QED) is 0.777. The van der Waals surface area contributed by atoms with Crippen LogP contribution in [0, 0.1) is 6.92 Å². The minimum atomic E-state index is -4.00. The van der Waals surface area contributed by atoms with E-state index in [4.69, 9.17) is 0 Å². The third kappa shape index (κ3) is 4.10. The molecule has 0 aromatic carbocycles. The van der Waals surface area contributed by atoms with Crippen molar-refractivity contribution in [3.8, 4) is 0 Å². The van der Waals surface area contributed by atoms with Crippen molar-refractivity contribution in [1.29, 1.82) is 0 Å². The van der Waals surface area contributed by atoms with Crippen LogP contribution >= 0.6 is 11.3 Å². The fourth-order valence-corrected chi connectivity index (χ4v) is 5.01. The first-order valence-electron chi connectivity index (χ1n) is 6.84. The van der Waals surface area contributed by atoms with E-state index in [0.717, 1.165) is 7.11 Å². The third-order valence-corrected chi connectivity index (χ3v) is 6.90. The zero-order chi connectivity index (χ0) is 18.0. The predicted octanol–water partition coefficient (Wildman–Crippen LogP) is 2.10. The summed E-state index contributed by atoms with van der Waals surface area (Å²) in [5.74, 6) is -1.52. The van der Waals surface area contributed by atoms with Crippen molar-refractivity contribution in [2.45, 2.75) is 43.9 Å². The van der Waals surface area contributed by atoms with Crippen molar-refractivity contribution in [2.75, 3.05) is 14.2 Å². The Hall–Kier alpha value is -1.45. The van der Waals surface area contributed by atoms with Crippen molar-refractivity contribution in [3.63, 3.8) is 0 Å². The van der Waals surface area contributed by atoms with E-state index >= 15 is 0 Å². The molecule has 130 valence electrons. The second-order valence-electron chi connectivity index (χ2n) is 5.54. The molecule has 0 atom stereocenters. The van der Waals surface area contributed by atoms with E-state index in [1.807, 2.05) is 6.92 Å². The molecule has 9 heteroatoms. The molecule has 0 aliphatic rings. The van der Waals surface area contributed by atoms with Crippen LogP contribution < -0.4 is 4.72 Å². The lowest BCUT2D eigenvalue weighted by molar-refractivity contribution is 0.0596. The molecule has 1 aromatic heterocycles. The van der Waals surface area contributed by atoms with Gasteiger partial charge in [-0.15, -0.1) is 11.3 Å². The van der Waals surface area contributed by atoms with Gasteiger partial charge in [0.25, 0.3) is 10.0 Å². The van der Waals surface area contributed by atoms with Crippen LogP contribution in [0.4, 0.5) is 0 Å². The molecule has 1 N–H and O–H groups in total. The van der Waals surface area contributed by atoms with E-state index in [2.05, 4.69) is 14.2 Å². The van der Waals surface area contributed by atoms with Crippen molar-refractivity contribution in [3.05, 3.63) is 16.0 Å². The Morgan fingerprint density at radius 2 is 1.70 bits per heavy atom. The first-order chi connectivity index (χ1) is 10.5. The average Bonchev–Trinajstić information content (AvgIpc) is 2.83. The zero-order valence-electron chi connectivity index (χ0n) is 14.0. The molecule has 0 saturated heterocycles. The standard InChI is InChI=1S/C14H21NO6S2/c1-7-14(3,4)15-23(18,19)13-9(11(16)20-5)8(2)10(22-13)12(17)21-6/h15H,7H2,1-6H3. The van der Waals surface area contributed by atoms with Gasteiger partial charge in [-0.2, -0.15) is 0 Å². The summed E-state index contributed by atoms with van der Waals surface area (Å²) in [6.07, 6.45) is 0.550. The molecule has 0 bridgehead atoms. The molecule has 1 rings (SSSR count). The Bertz CT molecular complexity index is 718. The fourth-order valence-electron chi connectivity index (χ4n) is 1.78. The van der Waals surface area contributed by atoms with Gasteiger partial charge in [0.05, 0.1) is 19.8 Å². The van der Waals surface area contributed by atoms with Gasteiger partial charge >= 0.3 is 11.9 Å². The van der Waals surface area contributed by atoms with Crippen LogP contribution in [0.5, 0.6) is 0 Å². The van der Waals surface area contributed by atoms with Crippen LogP contribution in [-0.4, -0.2) is 40.1 Å². The number of hydrogen-bond acceptors (Lipinski definition) is 7. The molecule has 0 unspecified atom stereocenters. The van der Waals surface area contributed by atoms with Crippen LogP contribution in [0.3, 0.4) is 0 Å². The van der Waals surface area contributed by atoms with Gasteiger partial charge in [0.1, 0.15) is 4.88 Å². The molecule has 0 saturated carbocycles. The van der Waals surface area contributed by atoms with Gasteiger partial charge in [-0.3, -0.25) is 0 Å². The number of carbonyl (C=O) groups excluding carboxylic acids is 2. The lowest BCUT2D eigenvalue weighted by atomic mass is 10.0. The SMILES string of the molecule is CCC(C)(C)NS(=O)(=O)c1sc(C(=O)OC)c(C)c1C(=O)OC. The van der Waals surface area contributed by atoms with Crippen LogP contribution in [0.15, 0.2) is 4.21 Å². The maximum atomic E-state index is 12.7. The van der Waals surface area contributed by atoms with Crippen molar-refractivity contribution in [1.82, 2.24) is 4.72 Å². The third-order valence-electron chi connectivity index (χ3n) is 3.41. The Morgan fingerprint density at radius 1 is 1.17 bits per heavy atom.